The maximum Gasteiger partial charge on any atom is 0.199 e. The number of fused-ring (bicyclic) bond motifs is 2. The summed E-state index contributed by atoms with van der Waals surface area (Å²) in [5.41, 5.74) is 4.17. The van der Waals surface area contributed by atoms with Gasteiger partial charge in [-0.1, -0.05) is 93.2 Å². The van der Waals surface area contributed by atoms with Gasteiger partial charge in [-0.05, 0) is 34.8 Å². The van der Waals surface area contributed by atoms with E-state index in [0.29, 0.717) is 0 Å². The van der Waals surface area contributed by atoms with Gasteiger partial charge in [-0.15, -0.1) is 0 Å². The summed E-state index contributed by atoms with van der Waals surface area (Å²) in [6.07, 6.45) is 3.36. The molecule has 0 saturated heterocycles. The second-order valence-electron chi connectivity index (χ2n) is 9.96. The predicted octanol–water partition coefficient (Wildman–Crippen LogP) is 8.21. The molecule has 2 aromatic rings. The van der Waals surface area contributed by atoms with E-state index in [-0.39, 0.29) is 47.6 Å². The number of benzene rings is 2. The van der Waals surface area contributed by atoms with Crippen molar-refractivity contribution in [3.8, 4) is 0 Å². The Balaban J connectivity index is 1.81. The Morgan fingerprint density at radius 3 is 1.85 bits per heavy atom. The minimum absolute atomic E-state index is 0.00265. The molecular weight excluding hydrogens is 500 g/mol. The normalized spacial score (nSPS) is 18.3. The molecule has 33 heavy (non-hydrogen) atoms. The number of rotatable bonds is 1. The van der Waals surface area contributed by atoms with Crippen LogP contribution in [0.5, 0.6) is 0 Å². The molecule has 0 spiro atoms. The Labute approximate surface area is 214 Å². The Bertz CT molecular complexity index is 1260. The van der Waals surface area contributed by atoms with Crippen LogP contribution < -0.4 is 4.90 Å². The molecule has 0 aromatic heterocycles. The predicted molar refractivity (Wildman–Crippen MR) is 138 cm³/mol. The Kier molecular flexibility index (Phi) is 5.81. The van der Waals surface area contributed by atoms with Crippen molar-refractivity contribution in [1.82, 2.24) is 0 Å². The number of hydrogen-bond acceptors (Lipinski definition) is 3. The molecule has 0 bridgehead atoms. The summed E-state index contributed by atoms with van der Waals surface area (Å²) in [5, 5.41) is -0.194. The van der Waals surface area contributed by atoms with E-state index < -0.39 is 11.6 Å². The van der Waals surface area contributed by atoms with Gasteiger partial charge in [0, 0.05) is 23.8 Å². The molecule has 1 aliphatic carbocycles. The molecule has 2 aromatic carbocycles. The first-order chi connectivity index (χ1) is 15.2. The first-order valence-electron chi connectivity index (χ1n) is 10.5. The van der Waals surface area contributed by atoms with Crippen LogP contribution >= 0.6 is 46.4 Å². The minimum Gasteiger partial charge on any atom is -0.347 e. The van der Waals surface area contributed by atoms with Crippen LogP contribution in [0.1, 0.15) is 66.5 Å². The van der Waals surface area contributed by atoms with Gasteiger partial charge in [-0.25, -0.2) is 0 Å². The lowest BCUT2D eigenvalue weighted by Crippen LogP contribution is -2.23. The van der Waals surface area contributed by atoms with Crippen molar-refractivity contribution < 1.29 is 9.59 Å². The van der Waals surface area contributed by atoms with E-state index in [9.17, 15) is 9.59 Å². The van der Waals surface area contributed by atoms with E-state index >= 15 is 0 Å². The van der Waals surface area contributed by atoms with Crippen molar-refractivity contribution in [2.75, 3.05) is 11.9 Å². The summed E-state index contributed by atoms with van der Waals surface area (Å²) >= 11 is 24.7. The second-order valence-corrected chi connectivity index (χ2v) is 11.5. The molecule has 4 rings (SSSR count). The Morgan fingerprint density at radius 2 is 1.36 bits per heavy atom. The maximum absolute atomic E-state index is 13.1. The smallest absolute Gasteiger partial charge is 0.199 e. The van der Waals surface area contributed by atoms with Gasteiger partial charge in [0.05, 0.1) is 36.8 Å². The molecule has 0 amide bonds. The molecule has 0 atom stereocenters. The molecule has 7 heteroatoms. The van der Waals surface area contributed by atoms with Gasteiger partial charge in [-0.3, -0.25) is 9.59 Å². The summed E-state index contributed by atoms with van der Waals surface area (Å²) in [6.45, 7) is 10.8. The fourth-order valence-electron chi connectivity index (χ4n) is 4.55. The van der Waals surface area contributed by atoms with E-state index in [1.807, 2.05) is 13.1 Å². The summed E-state index contributed by atoms with van der Waals surface area (Å²) in [6, 6.07) is 6.51. The zero-order valence-corrected chi connectivity index (χ0v) is 22.2. The Hall–Kier alpha value is -1.78. The van der Waals surface area contributed by atoms with E-state index in [1.165, 1.54) is 11.1 Å². The molecule has 1 heterocycles. The molecule has 0 N–H and O–H groups in total. The highest BCUT2D eigenvalue weighted by Gasteiger charge is 2.41. The molecule has 0 fully saturated rings. The molecule has 1 aliphatic heterocycles. The number of hydrogen-bond donors (Lipinski definition) is 0. The number of Topliss-reactive ketones (excluding diaryl/α,β-unsaturated/α-hetero) is 2. The summed E-state index contributed by atoms with van der Waals surface area (Å²) < 4.78 is 0. The second kappa shape index (κ2) is 7.88. The molecule has 0 radical (unpaired) electrons. The third-order valence-corrected chi connectivity index (χ3v) is 8.32. The zero-order chi connectivity index (χ0) is 24.6. The van der Waals surface area contributed by atoms with Crippen molar-refractivity contribution in [3.63, 3.8) is 0 Å². The molecule has 3 nitrogen and oxygen atoms in total. The van der Waals surface area contributed by atoms with Crippen molar-refractivity contribution >= 4 is 63.7 Å². The van der Waals surface area contributed by atoms with Gasteiger partial charge in [0.25, 0.3) is 0 Å². The molecule has 0 unspecified atom stereocenters. The van der Waals surface area contributed by atoms with Crippen molar-refractivity contribution in [2.45, 2.75) is 45.4 Å². The van der Waals surface area contributed by atoms with Gasteiger partial charge in [0.15, 0.2) is 11.6 Å². The van der Waals surface area contributed by atoms with Crippen LogP contribution in [0.4, 0.5) is 5.69 Å². The van der Waals surface area contributed by atoms with Gasteiger partial charge >= 0.3 is 0 Å². The van der Waals surface area contributed by atoms with Crippen LogP contribution in [0.3, 0.4) is 0 Å². The lowest BCUT2D eigenvalue weighted by Gasteiger charge is -2.25. The van der Waals surface area contributed by atoms with Crippen LogP contribution in [-0.4, -0.2) is 18.6 Å². The van der Waals surface area contributed by atoms with Gasteiger partial charge in [-0.2, -0.15) is 0 Å². The number of halogens is 4. The average Bonchev–Trinajstić information content (AvgIpc) is 3.09. The average molecular weight is 523 g/mol. The minimum atomic E-state index is -0.511. The lowest BCUT2D eigenvalue weighted by atomic mass is 9.79. The molecule has 2 aliphatic rings. The van der Waals surface area contributed by atoms with Crippen LogP contribution in [0.25, 0.3) is 0 Å². The lowest BCUT2D eigenvalue weighted by molar-refractivity contribution is 0.0989. The first kappa shape index (κ1) is 24.3. The maximum atomic E-state index is 13.1. The third kappa shape index (κ3) is 3.56. The van der Waals surface area contributed by atoms with Gasteiger partial charge in [0.1, 0.15) is 0 Å². The summed E-state index contributed by atoms with van der Waals surface area (Å²) in [4.78, 5) is 28.3. The van der Waals surface area contributed by atoms with Gasteiger partial charge in [0.2, 0.25) is 0 Å². The molecule has 0 saturated carbocycles. The highest BCUT2D eigenvalue weighted by molar-refractivity contribution is 6.57. The van der Waals surface area contributed by atoms with Crippen molar-refractivity contribution in [3.05, 3.63) is 84.0 Å². The standard InChI is InChI=1S/C26H23Cl4NO2/c1-25(2,3)12-7-9-15-14(11-12)26(4,5)16(31(15)6)10-8-13-23(32)17-18(24(13)33)20(28)22(30)21(29)19(17)27/h7-11H,1-6H3/b16-10+. The number of allylic oxidation sites excluding steroid dienone is 4. The number of carbonyl (C=O) groups excluding carboxylic acids is 2. The molecule has 172 valence electrons. The Morgan fingerprint density at radius 1 is 0.848 bits per heavy atom. The number of anilines is 1. The first-order valence-corrected chi connectivity index (χ1v) is 12.0. The highest BCUT2D eigenvalue weighted by atomic mass is 35.5. The fourth-order valence-corrected chi connectivity index (χ4v) is 5.57. The molecular formula is C26H23Cl4NO2. The van der Waals surface area contributed by atoms with Crippen LogP contribution in [0, 0.1) is 0 Å². The quantitative estimate of drug-likeness (QED) is 0.164. The monoisotopic (exact) mass is 521 g/mol. The van der Waals surface area contributed by atoms with Crippen LogP contribution in [0.15, 0.2) is 41.6 Å². The van der Waals surface area contributed by atoms with E-state index in [2.05, 4.69) is 57.7 Å². The topological polar surface area (TPSA) is 37.4 Å². The largest absolute Gasteiger partial charge is 0.347 e. The van der Waals surface area contributed by atoms with Crippen LogP contribution in [-0.2, 0) is 10.8 Å². The summed E-state index contributed by atoms with van der Waals surface area (Å²) in [7, 11) is 1.98. The van der Waals surface area contributed by atoms with Crippen molar-refractivity contribution in [1.29, 1.82) is 0 Å². The van der Waals surface area contributed by atoms with Gasteiger partial charge < -0.3 is 4.90 Å². The summed E-state index contributed by atoms with van der Waals surface area (Å²) in [5.74, 6) is -1.02. The van der Waals surface area contributed by atoms with E-state index in [0.717, 1.165) is 11.4 Å². The number of carbonyl (C=O) groups is 2. The number of ketones is 2. The van der Waals surface area contributed by atoms with Crippen LogP contribution in [0.2, 0.25) is 20.1 Å². The zero-order valence-electron chi connectivity index (χ0n) is 19.2. The fraction of sp³-hybridized carbons (Fsp3) is 0.308. The highest BCUT2D eigenvalue weighted by Crippen LogP contribution is 2.49. The van der Waals surface area contributed by atoms with E-state index in [1.54, 1.807) is 6.08 Å². The van der Waals surface area contributed by atoms with Crippen molar-refractivity contribution in [2.24, 2.45) is 0 Å². The van der Waals surface area contributed by atoms with E-state index in [4.69, 9.17) is 46.4 Å². The third-order valence-electron chi connectivity index (χ3n) is 6.52. The number of likely N-dealkylation sites (N-methyl/N-ethyl adjacent to an activating group) is 1. The number of nitrogens with zero attached hydrogens (tertiary/aromatic N) is 1. The SMILES string of the molecule is CN1/C(=C/C=C2C(=O)c3c(Cl)c(Cl)c(Cl)c(Cl)c3C2=O)C(C)(C)c2cc(C(C)(C)C)ccc21.